The summed E-state index contributed by atoms with van der Waals surface area (Å²) < 4.78 is 0.601. The molecule has 0 saturated heterocycles. The second-order valence-corrected chi connectivity index (χ2v) is 5.98. The molecule has 1 unspecified atom stereocenters. The maximum atomic E-state index is 11.2. The fourth-order valence-corrected chi connectivity index (χ4v) is 3.07. The first-order chi connectivity index (χ1) is 10.1. The van der Waals surface area contributed by atoms with Crippen LogP contribution in [0.3, 0.4) is 0 Å². The zero-order valence-corrected chi connectivity index (χ0v) is 12.8. The fraction of sp³-hybridized carbons (Fsp3) is 0.267. The molecular weight excluding hydrogens is 334 g/mol. The topological polar surface area (TPSA) is 68.1 Å². The van der Waals surface area contributed by atoms with Crippen molar-refractivity contribution in [3.05, 3.63) is 62.2 Å². The van der Waals surface area contributed by atoms with Gasteiger partial charge in [0.1, 0.15) is 0 Å². The molecule has 108 valence electrons. The largest absolute Gasteiger partial charge is 0.358 e. The van der Waals surface area contributed by atoms with Gasteiger partial charge in [0.05, 0.1) is 11.0 Å². The van der Waals surface area contributed by atoms with E-state index in [0.29, 0.717) is 10.3 Å². The third-order valence-corrected chi connectivity index (χ3v) is 4.14. The van der Waals surface area contributed by atoms with Gasteiger partial charge in [0.15, 0.2) is 0 Å². The lowest BCUT2D eigenvalue weighted by molar-refractivity contribution is -0.384. The zero-order valence-electron chi connectivity index (χ0n) is 11.3. The van der Waals surface area contributed by atoms with Crippen LogP contribution in [0.2, 0.25) is 0 Å². The maximum Gasteiger partial charge on any atom is 0.312 e. The predicted octanol–water partition coefficient (Wildman–Crippen LogP) is 4.24. The van der Waals surface area contributed by atoms with Gasteiger partial charge in [0.25, 0.3) is 0 Å². The van der Waals surface area contributed by atoms with Crippen LogP contribution < -0.4 is 5.32 Å². The minimum absolute atomic E-state index is 0.00701. The van der Waals surface area contributed by atoms with Crippen molar-refractivity contribution in [2.75, 3.05) is 5.32 Å². The summed E-state index contributed by atoms with van der Waals surface area (Å²) in [4.78, 5) is 14.9. The number of nitrogens with one attached hydrogen (secondary N) is 1. The van der Waals surface area contributed by atoms with Gasteiger partial charge in [-0.2, -0.15) is 0 Å². The monoisotopic (exact) mass is 347 g/mol. The lowest BCUT2D eigenvalue weighted by atomic mass is 9.88. The maximum absolute atomic E-state index is 11.2. The summed E-state index contributed by atoms with van der Waals surface area (Å²) in [5.74, 6) is 0.324. The summed E-state index contributed by atoms with van der Waals surface area (Å²) in [5.41, 5.74) is 2.51. The molecule has 1 aliphatic carbocycles. The first-order valence-electron chi connectivity index (χ1n) is 6.79. The number of hydrogen-bond donors (Lipinski definition) is 1. The lowest BCUT2D eigenvalue weighted by Gasteiger charge is -2.26. The molecule has 0 radical (unpaired) electrons. The molecule has 1 atom stereocenters. The van der Waals surface area contributed by atoms with Crippen molar-refractivity contribution in [3.8, 4) is 0 Å². The van der Waals surface area contributed by atoms with E-state index in [1.807, 2.05) is 12.1 Å². The first-order valence-corrected chi connectivity index (χ1v) is 7.59. The summed E-state index contributed by atoms with van der Waals surface area (Å²) in [6, 6.07) is 9.78. The lowest BCUT2D eigenvalue weighted by Crippen LogP contribution is -2.18. The van der Waals surface area contributed by atoms with Crippen molar-refractivity contribution in [1.82, 2.24) is 4.98 Å². The van der Waals surface area contributed by atoms with E-state index in [1.165, 1.54) is 17.2 Å². The van der Waals surface area contributed by atoms with E-state index in [9.17, 15) is 10.1 Å². The summed E-state index contributed by atoms with van der Waals surface area (Å²) in [6.45, 7) is 0. The second-order valence-electron chi connectivity index (χ2n) is 5.07. The Morgan fingerprint density at radius 1 is 1.38 bits per heavy atom. The molecule has 1 aliphatic rings. The Hall–Kier alpha value is -1.95. The number of anilines is 1. The molecule has 0 fully saturated rings. The third kappa shape index (κ3) is 2.90. The van der Waals surface area contributed by atoms with E-state index in [4.69, 9.17) is 0 Å². The Labute approximate surface area is 130 Å². The predicted molar refractivity (Wildman–Crippen MR) is 84.3 cm³/mol. The van der Waals surface area contributed by atoms with Gasteiger partial charge in [0, 0.05) is 16.7 Å². The summed E-state index contributed by atoms with van der Waals surface area (Å²) in [7, 11) is 0. The smallest absolute Gasteiger partial charge is 0.312 e. The first kappa shape index (κ1) is 14.0. The standard InChI is InChI=1S/C15H14BrN3O2/c16-11-8-14(19(20)21)15(17-9-11)18-13-7-3-5-10-4-1-2-6-12(10)13/h1-2,4,6,8-9,13H,3,5,7H2,(H,17,18). The number of fused-ring (bicyclic) bond motifs is 1. The van der Waals surface area contributed by atoms with E-state index < -0.39 is 4.92 Å². The van der Waals surface area contributed by atoms with E-state index in [0.717, 1.165) is 19.3 Å². The normalized spacial score (nSPS) is 17.1. The van der Waals surface area contributed by atoms with Gasteiger partial charge in [-0.3, -0.25) is 10.1 Å². The van der Waals surface area contributed by atoms with Gasteiger partial charge in [-0.1, -0.05) is 24.3 Å². The molecule has 0 spiro atoms. The Balaban J connectivity index is 1.93. The van der Waals surface area contributed by atoms with Crippen molar-refractivity contribution in [3.63, 3.8) is 0 Å². The second kappa shape index (κ2) is 5.81. The van der Waals surface area contributed by atoms with Gasteiger partial charge in [0.2, 0.25) is 5.82 Å². The molecular formula is C15H14BrN3O2. The van der Waals surface area contributed by atoms with E-state index in [-0.39, 0.29) is 11.7 Å². The third-order valence-electron chi connectivity index (χ3n) is 3.71. The Kier molecular flexibility index (Phi) is 3.88. The molecule has 21 heavy (non-hydrogen) atoms. The highest BCUT2D eigenvalue weighted by molar-refractivity contribution is 9.10. The van der Waals surface area contributed by atoms with Gasteiger partial charge in [-0.25, -0.2) is 4.98 Å². The van der Waals surface area contributed by atoms with Crippen LogP contribution in [-0.2, 0) is 6.42 Å². The van der Waals surface area contributed by atoms with E-state index >= 15 is 0 Å². The molecule has 0 aliphatic heterocycles. The minimum Gasteiger partial charge on any atom is -0.358 e. The average Bonchev–Trinajstić information content (AvgIpc) is 2.49. The minimum atomic E-state index is -0.408. The highest BCUT2D eigenvalue weighted by atomic mass is 79.9. The van der Waals surface area contributed by atoms with E-state index in [1.54, 1.807) is 6.20 Å². The molecule has 0 saturated carbocycles. The number of benzene rings is 1. The van der Waals surface area contributed by atoms with Gasteiger partial charge in [-0.05, 0) is 46.3 Å². The van der Waals surface area contributed by atoms with Crippen LogP contribution in [0.15, 0.2) is 41.0 Å². The molecule has 1 N–H and O–H groups in total. The van der Waals surface area contributed by atoms with Crippen molar-refractivity contribution >= 4 is 27.4 Å². The highest BCUT2D eigenvalue weighted by Gasteiger charge is 2.23. The molecule has 1 heterocycles. The highest BCUT2D eigenvalue weighted by Crippen LogP contribution is 2.34. The number of aryl methyl sites for hydroxylation is 1. The van der Waals surface area contributed by atoms with Crippen molar-refractivity contribution in [2.45, 2.75) is 25.3 Å². The van der Waals surface area contributed by atoms with E-state index in [2.05, 4.69) is 38.4 Å². The SMILES string of the molecule is O=[N+]([O-])c1cc(Br)cnc1NC1CCCc2ccccc21. The zero-order chi connectivity index (χ0) is 14.8. The summed E-state index contributed by atoms with van der Waals surface area (Å²) in [6.07, 6.45) is 4.65. The van der Waals surface area contributed by atoms with Crippen LogP contribution in [-0.4, -0.2) is 9.91 Å². The van der Waals surface area contributed by atoms with Crippen LogP contribution in [0.1, 0.15) is 30.0 Å². The fourth-order valence-electron chi connectivity index (χ4n) is 2.75. The Morgan fingerprint density at radius 3 is 3.00 bits per heavy atom. The molecule has 0 amide bonds. The number of nitrogens with zero attached hydrogens (tertiary/aromatic N) is 2. The summed E-state index contributed by atoms with van der Waals surface area (Å²) in [5, 5.41) is 14.4. The number of halogens is 1. The molecule has 1 aromatic carbocycles. The van der Waals surface area contributed by atoms with Crippen LogP contribution in [0, 0.1) is 10.1 Å². The molecule has 3 rings (SSSR count). The molecule has 1 aromatic heterocycles. The van der Waals surface area contributed by atoms with Gasteiger partial charge < -0.3 is 5.32 Å². The number of rotatable bonds is 3. The Morgan fingerprint density at radius 2 is 2.19 bits per heavy atom. The molecule has 2 aromatic rings. The number of aromatic nitrogens is 1. The molecule has 6 heteroatoms. The van der Waals surface area contributed by atoms with Crippen LogP contribution in [0.5, 0.6) is 0 Å². The molecule has 0 bridgehead atoms. The quantitative estimate of drug-likeness (QED) is 0.665. The van der Waals surface area contributed by atoms with Crippen LogP contribution in [0.4, 0.5) is 11.5 Å². The summed E-state index contributed by atoms with van der Waals surface area (Å²) >= 11 is 3.22. The van der Waals surface area contributed by atoms with Gasteiger partial charge in [-0.15, -0.1) is 0 Å². The van der Waals surface area contributed by atoms with Crippen LogP contribution >= 0.6 is 15.9 Å². The average molecular weight is 348 g/mol. The van der Waals surface area contributed by atoms with Crippen LogP contribution in [0.25, 0.3) is 0 Å². The van der Waals surface area contributed by atoms with Gasteiger partial charge >= 0.3 is 5.69 Å². The van der Waals surface area contributed by atoms with Crippen molar-refractivity contribution in [1.29, 1.82) is 0 Å². The number of nitro groups is 1. The van der Waals surface area contributed by atoms with Crippen molar-refractivity contribution < 1.29 is 4.92 Å². The number of pyridine rings is 1. The number of hydrogen-bond acceptors (Lipinski definition) is 4. The molecule has 5 nitrogen and oxygen atoms in total. The Bertz CT molecular complexity index is 690. The van der Waals surface area contributed by atoms with Crippen molar-refractivity contribution in [2.24, 2.45) is 0 Å².